The van der Waals surface area contributed by atoms with Crippen LogP contribution < -0.4 is 4.74 Å². The molecule has 1 aliphatic heterocycles. The Bertz CT molecular complexity index is 903. The third-order valence-electron chi connectivity index (χ3n) is 4.00. The molecule has 7 heteroatoms. The monoisotopic (exact) mass is 383 g/mol. The number of ether oxygens (including phenoxy) is 2. The standard InChI is InChI=1S/C20H17NO5S/c1-25-16-9-5-13(6-10-16)11-17-18(22)21(20(24)27-17)12-14-3-7-15(8-4-14)19(23)26-2/h3-11H,12H2,1-2H3. The van der Waals surface area contributed by atoms with Crippen molar-refractivity contribution in [3.63, 3.8) is 0 Å². The van der Waals surface area contributed by atoms with E-state index in [2.05, 4.69) is 4.74 Å². The number of carbonyl (C=O) groups excluding carboxylic acids is 3. The fourth-order valence-corrected chi connectivity index (χ4v) is 3.37. The highest BCUT2D eigenvalue weighted by molar-refractivity contribution is 8.18. The molecule has 0 aliphatic carbocycles. The van der Waals surface area contributed by atoms with E-state index in [1.807, 2.05) is 12.1 Å². The normalized spacial score (nSPS) is 15.3. The number of carbonyl (C=O) groups is 3. The molecule has 0 atom stereocenters. The summed E-state index contributed by atoms with van der Waals surface area (Å²) in [7, 11) is 2.89. The van der Waals surface area contributed by atoms with Crippen LogP contribution >= 0.6 is 11.8 Å². The van der Waals surface area contributed by atoms with E-state index in [0.717, 1.165) is 28.6 Å². The minimum absolute atomic E-state index is 0.145. The van der Waals surface area contributed by atoms with Crippen LogP contribution in [0.15, 0.2) is 53.4 Å². The number of hydrogen-bond donors (Lipinski definition) is 0. The zero-order chi connectivity index (χ0) is 19.4. The van der Waals surface area contributed by atoms with Gasteiger partial charge in [0.1, 0.15) is 5.75 Å². The minimum Gasteiger partial charge on any atom is -0.497 e. The molecular formula is C20H17NO5S. The summed E-state index contributed by atoms with van der Waals surface area (Å²) in [6.45, 7) is 0.145. The topological polar surface area (TPSA) is 72.9 Å². The Morgan fingerprint density at radius 2 is 1.70 bits per heavy atom. The SMILES string of the molecule is COC(=O)c1ccc(CN2C(=O)SC(=Cc3ccc(OC)cc3)C2=O)cc1. The maximum Gasteiger partial charge on any atom is 0.337 e. The molecule has 0 N–H and O–H groups in total. The van der Waals surface area contributed by atoms with Gasteiger partial charge in [-0.2, -0.15) is 0 Å². The van der Waals surface area contributed by atoms with Gasteiger partial charge in [-0.25, -0.2) is 4.79 Å². The van der Waals surface area contributed by atoms with Gasteiger partial charge in [0.05, 0.1) is 31.2 Å². The quantitative estimate of drug-likeness (QED) is 0.579. The molecule has 138 valence electrons. The zero-order valence-corrected chi connectivity index (χ0v) is 15.6. The van der Waals surface area contributed by atoms with Crippen molar-refractivity contribution in [3.05, 3.63) is 70.1 Å². The van der Waals surface area contributed by atoms with E-state index < -0.39 is 5.97 Å². The van der Waals surface area contributed by atoms with Crippen molar-refractivity contribution in [2.75, 3.05) is 14.2 Å². The molecule has 2 aromatic rings. The highest BCUT2D eigenvalue weighted by atomic mass is 32.2. The van der Waals surface area contributed by atoms with Gasteiger partial charge in [-0.1, -0.05) is 24.3 Å². The van der Waals surface area contributed by atoms with Gasteiger partial charge in [0.15, 0.2) is 0 Å². The highest BCUT2D eigenvalue weighted by Crippen LogP contribution is 2.33. The zero-order valence-electron chi connectivity index (χ0n) is 14.8. The molecule has 2 amide bonds. The van der Waals surface area contributed by atoms with Crippen LogP contribution in [0, 0.1) is 0 Å². The Kier molecular flexibility index (Phi) is 5.61. The Morgan fingerprint density at radius 3 is 2.30 bits per heavy atom. The van der Waals surface area contributed by atoms with Crippen LogP contribution in [0.4, 0.5) is 4.79 Å². The van der Waals surface area contributed by atoms with E-state index in [9.17, 15) is 14.4 Å². The van der Waals surface area contributed by atoms with Crippen LogP contribution in [0.3, 0.4) is 0 Å². The molecule has 0 radical (unpaired) electrons. The van der Waals surface area contributed by atoms with Gasteiger partial charge in [-0.15, -0.1) is 0 Å². The van der Waals surface area contributed by atoms with E-state index >= 15 is 0 Å². The molecular weight excluding hydrogens is 366 g/mol. The number of benzene rings is 2. The molecule has 1 fully saturated rings. The van der Waals surface area contributed by atoms with E-state index in [1.54, 1.807) is 49.6 Å². The van der Waals surface area contributed by atoms with Gasteiger partial charge < -0.3 is 9.47 Å². The third-order valence-corrected chi connectivity index (χ3v) is 4.91. The van der Waals surface area contributed by atoms with Gasteiger partial charge in [-0.05, 0) is 53.2 Å². The average molecular weight is 383 g/mol. The number of amides is 2. The van der Waals surface area contributed by atoms with Crippen LogP contribution in [0.5, 0.6) is 5.75 Å². The van der Waals surface area contributed by atoms with Crippen molar-refractivity contribution in [2.24, 2.45) is 0 Å². The first-order valence-electron chi connectivity index (χ1n) is 8.08. The summed E-state index contributed by atoms with van der Waals surface area (Å²) in [5.74, 6) is -0.0522. The third kappa shape index (κ3) is 4.20. The first-order valence-corrected chi connectivity index (χ1v) is 8.90. The lowest BCUT2D eigenvalue weighted by molar-refractivity contribution is -0.123. The second-order valence-electron chi connectivity index (χ2n) is 5.73. The van der Waals surface area contributed by atoms with Crippen LogP contribution in [0.25, 0.3) is 6.08 Å². The van der Waals surface area contributed by atoms with E-state index in [1.165, 1.54) is 12.0 Å². The van der Waals surface area contributed by atoms with Gasteiger partial charge >= 0.3 is 5.97 Å². The molecule has 0 saturated carbocycles. The Hall–Kier alpha value is -3.06. The fourth-order valence-electron chi connectivity index (χ4n) is 2.53. The summed E-state index contributed by atoms with van der Waals surface area (Å²) in [6, 6.07) is 13.8. The van der Waals surface area contributed by atoms with Gasteiger partial charge in [0.2, 0.25) is 0 Å². The summed E-state index contributed by atoms with van der Waals surface area (Å²) >= 11 is 0.911. The molecule has 0 unspecified atom stereocenters. The maximum absolute atomic E-state index is 12.6. The molecule has 27 heavy (non-hydrogen) atoms. The predicted octanol–water partition coefficient (Wildman–Crippen LogP) is 3.72. The largest absolute Gasteiger partial charge is 0.497 e. The van der Waals surface area contributed by atoms with Crippen molar-refractivity contribution in [1.29, 1.82) is 0 Å². The molecule has 0 aromatic heterocycles. The van der Waals surface area contributed by atoms with Crippen molar-refractivity contribution in [2.45, 2.75) is 6.54 Å². The molecule has 1 heterocycles. The lowest BCUT2D eigenvalue weighted by atomic mass is 10.1. The summed E-state index contributed by atoms with van der Waals surface area (Å²) < 4.78 is 9.76. The van der Waals surface area contributed by atoms with E-state index in [0.29, 0.717) is 10.5 Å². The Morgan fingerprint density at radius 1 is 1.04 bits per heavy atom. The summed E-state index contributed by atoms with van der Waals surface area (Å²) in [5, 5.41) is -0.322. The lowest BCUT2D eigenvalue weighted by Crippen LogP contribution is -2.27. The Balaban J connectivity index is 1.73. The molecule has 1 saturated heterocycles. The molecule has 2 aromatic carbocycles. The smallest absolute Gasteiger partial charge is 0.337 e. The van der Waals surface area contributed by atoms with Crippen LogP contribution in [-0.2, 0) is 16.1 Å². The second-order valence-corrected chi connectivity index (χ2v) is 6.72. The van der Waals surface area contributed by atoms with Crippen LogP contribution in [-0.4, -0.2) is 36.2 Å². The lowest BCUT2D eigenvalue weighted by Gasteiger charge is -2.12. The highest BCUT2D eigenvalue weighted by Gasteiger charge is 2.34. The minimum atomic E-state index is -0.435. The fraction of sp³-hybridized carbons (Fsp3) is 0.150. The number of hydrogen-bond acceptors (Lipinski definition) is 6. The van der Waals surface area contributed by atoms with Crippen molar-refractivity contribution in [1.82, 2.24) is 4.90 Å². The maximum atomic E-state index is 12.6. The second kappa shape index (κ2) is 8.09. The average Bonchev–Trinajstić information content (AvgIpc) is 2.96. The molecule has 0 spiro atoms. The number of esters is 1. The van der Waals surface area contributed by atoms with E-state index in [-0.39, 0.29) is 17.7 Å². The van der Waals surface area contributed by atoms with Gasteiger partial charge in [-0.3, -0.25) is 14.5 Å². The number of imide groups is 1. The number of nitrogens with zero attached hydrogens (tertiary/aromatic N) is 1. The first kappa shape index (κ1) is 18.7. The summed E-state index contributed by atoms with van der Waals surface area (Å²) in [6.07, 6.45) is 1.69. The molecule has 1 aliphatic rings. The molecule has 6 nitrogen and oxygen atoms in total. The van der Waals surface area contributed by atoms with E-state index in [4.69, 9.17) is 4.74 Å². The summed E-state index contributed by atoms with van der Waals surface area (Å²) in [4.78, 5) is 37.9. The number of methoxy groups -OCH3 is 2. The van der Waals surface area contributed by atoms with Gasteiger partial charge in [0, 0.05) is 0 Å². The van der Waals surface area contributed by atoms with Crippen LogP contribution in [0.2, 0.25) is 0 Å². The van der Waals surface area contributed by atoms with Crippen LogP contribution in [0.1, 0.15) is 21.5 Å². The van der Waals surface area contributed by atoms with Crippen molar-refractivity contribution in [3.8, 4) is 5.75 Å². The predicted molar refractivity (Wildman–Crippen MR) is 102 cm³/mol. The van der Waals surface area contributed by atoms with Gasteiger partial charge in [0.25, 0.3) is 11.1 Å². The van der Waals surface area contributed by atoms with Crippen molar-refractivity contribution < 1.29 is 23.9 Å². The summed E-state index contributed by atoms with van der Waals surface area (Å²) in [5.41, 5.74) is 1.97. The number of thioether (sulfide) groups is 1. The van der Waals surface area contributed by atoms with Crippen molar-refractivity contribution >= 4 is 35.0 Å². The Labute approximate surface area is 160 Å². The number of rotatable bonds is 5. The molecule has 0 bridgehead atoms. The molecule has 3 rings (SSSR count). The first-order chi connectivity index (χ1) is 13.0.